The van der Waals surface area contributed by atoms with E-state index in [-0.39, 0.29) is 6.54 Å². The molecule has 0 spiro atoms. The van der Waals surface area contributed by atoms with E-state index in [4.69, 9.17) is 17.1 Å². The van der Waals surface area contributed by atoms with Crippen molar-refractivity contribution in [1.29, 1.82) is 0 Å². The first-order valence-electron chi connectivity index (χ1n) is 3.86. The topological polar surface area (TPSA) is 61.7 Å². The van der Waals surface area contributed by atoms with Crippen LogP contribution in [0.3, 0.4) is 0 Å². The van der Waals surface area contributed by atoms with Crippen LogP contribution in [-0.2, 0) is 0 Å². The Morgan fingerprint density at radius 2 is 2.50 bits per heavy atom. The van der Waals surface area contributed by atoms with E-state index in [1.165, 1.54) is 0 Å². The zero-order valence-electron chi connectivity index (χ0n) is 7.53. The third-order valence-corrected chi connectivity index (χ3v) is 1.83. The Kier molecular flexibility index (Phi) is 3.81. The van der Waals surface area contributed by atoms with Crippen LogP contribution < -0.4 is 0 Å². The van der Waals surface area contributed by atoms with Gasteiger partial charge in [0.15, 0.2) is 0 Å². The van der Waals surface area contributed by atoms with Crippen molar-refractivity contribution in [3.8, 4) is 11.8 Å². The summed E-state index contributed by atoms with van der Waals surface area (Å²) in [6.45, 7) is 2.03. The number of hydrogen-bond acceptors (Lipinski definition) is 2. The molecule has 4 nitrogen and oxygen atoms in total. The summed E-state index contributed by atoms with van der Waals surface area (Å²) in [7, 11) is 0. The van der Waals surface area contributed by atoms with Crippen molar-refractivity contribution in [1.82, 2.24) is 4.98 Å². The van der Waals surface area contributed by atoms with Gasteiger partial charge in [-0.1, -0.05) is 28.6 Å². The molecule has 0 amide bonds. The SMILES string of the molecule is Cc1ccnc(Cl)c1C#CCN=[N+]=[N-]. The van der Waals surface area contributed by atoms with Crippen molar-refractivity contribution < 1.29 is 0 Å². The maximum atomic E-state index is 8.02. The lowest BCUT2D eigenvalue weighted by atomic mass is 10.2. The molecule has 0 N–H and O–H groups in total. The second-order valence-corrected chi connectivity index (χ2v) is 2.84. The predicted molar refractivity (Wildman–Crippen MR) is 54.9 cm³/mol. The number of pyridine rings is 1. The average molecular weight is 207 g/mol. The summed E-state index contributed by atoms with van der Waals surface area (Å²) in [5.41, 5.74) is 9.66. The van der Waals surface area contributed by atoms with E-state index in [9.17, 15) is 0 Å². The summed E-state index contributed by atoms with van der Waals surface area (Å²) in [5.74, 6) is 5.50. The molecule has 0 aromatic carbocycles. The minimum Gasteiger partial charge on any atom is -0.243 e. The molecule has 1 heterocycles. The number of rotatable bonds is 1. The Bertz CT molecular complexity index is 418. The highest BCUT2D eigenvalue weighted by atomic mass is 35.5. The molecule has 0 saturated heterocycles. The monoisotopic (exact) mass is 206 g/mol. The molecule has 0 aliphatic heterocycles. The highest BCUT2D eigenvalue weighted by molar-refractivity contribution is 6.30. The second kappa shape index (κ2) is 5.13. The first-order chi connectivity index (χ1) is 6.75. The van der Waals surface area contributed by atoms with E-state index < -0.39 is 0 Å². The fourth-order valence-electron chi connectivity index (χ4n) is 0.870. The number of azide groups is 1. The van der Waals surface area contributed by atoms with Gasteiger partial charge >= 0.3 is 0 Å². The van der Waals surface area contributed by atoms with Crippen molar-refractivity contribution in [2.75, 3.05) is 6.54 Å². The van der Waals surface area contributed by atoms with Gasteiger partial charge in [-0.15, -0.1) is 0 Å². The maximum Gasteiger partial charge on any atom is 0.144 e. The Morgan fingerprint density at radius 1 is 1.71 bits per heavy atom. The average Bonchev–Trinajstić information content (AvgIpc) is 2.16. The number of nitrogens with zero attached hydrogens (tertiary/aromatic N) is 4. The van der Waals surface area contributed by atoms with Gasteiger partial charge in [-0.2, -0.15) is 0 Å². The predicted octanol–water partition coefficient (Wildman–Crippen LogP) is 2.71. The van der Waals surface area contributed by atoms with Crippen molar-refractivity contribution >= 4 is 11.6 Å². The van der Waals surface area contributed by atoms with E-state index in [0.29, 0.717) is 10.7 Å². The lowest BCUT2D eigenvalue weighted by Crippen LogP contribution is -1.86. The Labute approximate surface area is 86.5 Å². The molecule has 5 heteroatoms. The van der Waals surface area contributed by atoms with Crippen LogP contribution in [0.5, 0.6) is 0 Å². The number of halogens is 1. The van der Waals surface area contributed by atoms with Gasteiger partial charge in [0.2, 0.25) is 0 Å². The van der Waals surface area contributed by atoms with Crippen molar-refractivity contribution in [3.05, 3.63) is 39.0 Å². The molecule has 0 saturated carbocycles. The van der Waals surface area contributed by atoms with Crippen LogP contribution in [0.4, 0.5) is 0 Å². The van der Waals surface area contributed by atoms with E-state index in [0.717, 1.165) is 5.56 Å². The van der Waals surface area contributed by atoms with E-state index in [1.807, 2.05) is 13.0 Å². The lowest BCUT2D eigenvalue weighted by Gasteiger charge is -1.97. The maximum absolute atomic E-state index is 8.02. The third kappa shape index (κ3) is 2.67. The first kappa shape index (κ1) is 10.4. The summed E-state index contributed by atoms with van der Waals surface area (Å²) >= 11 is 5.83. The van der Waals surface area contributed by atoms with Crippen LogP contribution in [0, 0.1) is 18.8 Å². The van der Waals surface area contributed by atoms with Gasteiger partial charge in [-0.05, 0) is 24.1 Å². The summed E-state index contributed by atoms with van der Waals surface area (Å²) in [5, 5.41) is 3.66. The molecule has 14 heavy (non-hydrogen) atoms. The van der Waals surface area contributed by atoms with Crippen LogP contribution in [0.25, 0.3) is 10.4 Å². The van der Waals surface area contributed by atoms with Crippen molar-refractivity contribution in [3.63, 3.8) is 0 Å². The van der Waals surface area contributed by atoms with Gasteiger partial charge in [-0.25, -0.2) is 4.98 Å². The number of hydrogen-bond donors (Lipinski definition) is 0. The van der Waals surface area contributed by atoms with Crippen LogP contribution in [0.1, 0.15) is 11.1 Å². The molecule has 0 fully saturated rings. The fourth-order valence-corrected chi connectivity index (χ4v) is 1.12. The number of aromatic nitrogens is 1. The molecule has 0 aliphatic carbocycles. The molecular formula is C9H7ClN4. The molecule has 1 rings (SSSR count). The van der Waals surface area contributed by atoms with Crippen LogP contribution in [0.2, 0.25) is 5.15 Å². The standard InChI is InChI=1S/C9H7ClN4/c1-7-4-6-12-9(10)8(7)3-2-5-13-14-11/h4,6H,5H2,1H3. The molecule has 0 bridgehead atoms. The van der Waals surface area contributed by atoms with Crippen molar-refractivity contribution in [2.24, 2.45) is 5.11 Å². The Hall–Kier alpha value is -1.69. The van der Waals surface area contributed by atoms with Gasteiger partial charge in [0, 0.05) is 11.1 Å². The summed E-state index contributed by atoms with van der Waals surface area (Å²) in [6, 6.07) is 1.82. The molecule has 1 aromatic rings. The Morgan fingerprint density at radius 3 is 3.14 bits per heavy atom. The van der Waals surface area contributed by atoms with E-state index in [2.05, 4.69) is 26.9 Å². The second-order valence-electron chi connectivity index (χ2n) is 2.48. The molecule has 0 aliphatic rings. The van der Waals surface area contributed by atoms with Gasteiger partial charge in [-0.3, -0.25) is 0 Å². The quantitative estimate of drug-likeness (QED) is 0.229. The molecule has 0 radical (unpaired) electrons. The summed E-state index contributed by atoms with van der Waals surface area (Å²) < 4.78 is 0. The minimum absolute atomic E-state index is 0.140. The number of aryl methyl sites for hydroxylation is 1. The molecule has 1 aromatic heterocycles. The Balaban J connectivity index is 2.94. The first-order valence-corrected chi connectivity index (χ1v) is 4.24. The normalized spacial score (nSPS) is 8.43. The lowest BCUT2D eigenvalue weighted by molar-refractivity contribution is 1.24. The largest absolute Gasteiger partial charge is 0.243 e. The highest BCUT2D eigenvalue weighted by Gasteiger charge is 1.99. The van der Waals surface area contributed by atoms with E-state index >= 15 is 0 Å². The van der Waals surface area contributed by atoms with Gasteiger partial charge < -0.3 is 0 Å². The highest BCUT2D eigenvalue weighted by Crippen LogP contribution is 2.14. The minimum atomic E-state index is 0.140. The zero-order chi connectivity index (χ0) is 10.4. The van der Waals surface area contributed by atoms with E-state index in [1.54, 1.807) is 6.20 Å². The molecule has 0 unspecified atom stereocenters. The zero-order valence-corrected chi connectivity index (χ0v) is 8.28. The molecule has 70 valence electrons. The molecular weight excluding hydrogens is 200 g/mol. The van der Waals surface area contributed by atoms with Gasteiger partial charge in [0.1, 0.15) is 5.15 Å². The van der Waals surface area contributed by atoms with Gasteiger partial charge in [0.25, 0.3) is 0 Å². The van der Waals surface area contributed by atoms with Crippen molar-refractivity contribution in [2.45, 2.75) is 6.92 Å². The van der Waals surface area contributed by atoms with Crippen LogP contribution in [-0.4, -0.2) is 11.5 Å². The van der Waals surface area contributed by atoms with Crippen LogP contribution >= 0.6 is 11.6 Å². The van der Waals surface area contributed by atoms with Gasteiger partial charge in [0.05, 0.1) is 12.1 Å². The molecule has 0 atom stereocenters. The smallest absolute Gasteiger partial charge is 0.144 e. The summed E-state index contributed by atoms with van der Waals surface area (Å²) in [6.07, 6.45) is 1.62. The fraction of sp³-hybridized carbons (Fsp3) is 0.222. The van der Waals surface area contributed by atoms with Crippen LogP contribution in [0.15, 0.2) is 17.4 Å². The third-order valence-electron chi connectivity index (χ3n) is 1.54. The summed E-state index contributed by atoms with van der Waals surface area (Å²) in [4.78, 5) is 6.48.